The fourth-order valence-electron chi connectivity index (χ4n) is 2.78. The van der Waals surface area contributed by atoms with Crippen LogP contribution in [0.5, 0.6) is 5.88 Å². The number of benzene rings is 1. The van der Waals surface area contributed by atoms with Crippen molar-refractivity contribution in [1.29, 1.82) is 5.26 Å². The fraction of sp³-hybridized carbons (Fsp3) is 0.292. The van der Waals surface area contributed by atoms with Crippen molar-refractivity contribution in [3.05, 3.63) is 70.8 Å². The Morgan fingerprint density at radius 1 is 1.18 bits per heavy atom. The summed E-state index contributed by atoms with van der Waals surface area (Å²) < 4.78 is 10.9. The lowest BCUT2D eigenvalue weighted by Gasteiger charge is -2.16. The van der Waals surface area contributed by atoms with Crippen LogP contribution < -0.4 is 15.6 Å². The number of quaternary nitrogens is 1. The van der Waals surface area contributed by atoms with Gasteiger partial charge in [0.05, 0.1) is 18.5 Å². The molecule has 0 atom stereocenters. The topological polar surface area (TPSA) is 188 Å². The Balaban J connectivity index is 0.000000440. The van der Waals surface area contributed by atoms with Gasteiger partial charge in [0.25, 0.3) is 0 Å². The Hall–Kier alpha value is -3.75. The van der Waals surface area contributed by atoms with Crippen molar-refractivity contribution in [1.82, 2.24) is 4.98 Å². The molecule has 10 heteroatoms. The van der Waals surface area contributed by atoms with E-state index in [4.69, 9.17) is 24.5 Å². The van der Waals surface area contributed by atoms with Crippen LogP contribution in [0.3, 0.4) is 0 Å². The molecule has 0 radical (unpaired) electrons. The normalized spacial score (nSPS) is 10.7. The molecule has 0 saturated heterocycles. The molecule has 6 N–H and O–H groups in total. The number of rotatable bonds is 8. The van der Waals surface area contributed by atoms with E-state index in [9.17, 15) is 15.2 Å². The van der Waals surface area contributed by atoms with Crippen molar-refractivity contribution >= 4 is 5.97 Å². The van der Waals surface area contributed by atoms with E-state index in [1.165, 1.54) is 12.1 Å². The van der Waals surface area contributed by atoms with Gasteiger partial charge in [0, 0.05) is 16.8 Å². The highest BCUT2D eigenvalue weighted by atomic mass is 16.5. The van der Waals surface area contributed by atoms with E-state index in [2.05, 4.69) is 16.8 Å². The number of carboxylic acid groups (broad SMARTS) is 1. The van der Waals surface area contributed by atoms with Crippen LogP contribution in [0, 0.1) is 25.2 Å². The molecule has 34 heavy (non-hydrogen) atoms. The summed E-state index contributed by atoms with van der Waals surface area (Å²) in [5.74, 6) is -0.999. The van der Waals surface area contributed by atoms with E-state index >= 15 is 0 Å². The second-order valence-corrected chi connectivity index (χ2v) is 7.75. The third kappa shape index (κ3) is 6.40. The zero-order chi connectivity index (χ0) is 25.3. The smallest absolute Gasteiger partial charge is 0.232 e. The maximum Gasteiger partial charge on any atom is 0.232 e. The van der Waals surface area contributed by atoms with E-state index in [1.54, 1.807) is 30.7 Å². The average molecular weight is 469 g/mol. The number of nitrogens with zero attached hydrogens (tertiary/aromatic N) is 2. The van der Waals surface area contributed by atoms with Crippen LogP contribution in [0.4, 0.5) is 0 Å². The molecule has 180 valence electrons. The minimum Gasteiger partial charge on any atom is -0.545 e. The number of aryl methyl sites for hydroxylation is 1. The van der Waals surface area contributed by atoms with Gasteiger partial charge in [-0.25, -0.2) is 4.98 Å². The minimum absolute atomic E-state index is 0.0954. The van der Waals surface area contributed by atoms with Gasteiger partial charge >= 0.3 is 0 Å². The third-order valence-corrected chi connectivity index (χ3v) is 5.14. The van der Waals surface area contributed by atoms with E-state index in [1.807, 2.05) is 13.8 Å². The van der Waals surface area contributed by atoms with Crippen LogP contribution in [0.25, 0.3) is 11.1 Å². The van der Waals surface area contributed by atoms with Crippen molar-refractivity contribution in [2.75, 3.05) is 19.8 Å². The molecule has 0 fully saturated rings. The third-order valence-electron chi connectivity index (χ3n) is 5.14. The van der Waals surface area contributed by atoms with E-state index in [0.29, 0.717) is 5.56 Å². The summed E-state index contributed by atoms with van der Waals surface area (Å²) in [6.07, 6.45) is 3.12. The molecule has 0 aliphatic carbocycles. The number of furan rings is 1. The maximum atomic E-state index is 10.8. The van der Waals surface area contributed by atoms with Crippen LogP contribution in [0.2, 0.25) is 0 Å². The second-order valence-electron chi connectivity index (χ2n) is 7.75. The summed E-state index contributed by atoms with van der Waals surface area (Å²) in [5.41, 5.74) is 6.75. The molecular formula is C24H27N3O7. The highest BCUT2D eigenvalue weighted by Gasteiger charge is 2.25. The number of aromatic carboxylic acids is 1. The van der Waals surface area contributed by atoms with Crippen molar-refractivity contribution in [3.8, 4) is 23.1 Å². The second kappa shape index (κ2) is 11.9. The van der Waals surface area contributed by atoms with Crippen molar-refractivity contribution < 1.29 is 40.1 Å². The van der Waals surface area contributed by atoms with Crippen LogP contribution in [-0.2, 0) is 6.61 Å². The van der Waals surface area contributed by atoms with E-state index in [0.717, 1.165) is 27.9 Å². The Morgan fingerprint density at radius 2 is 1.79 bits per heavy atom. The molecule has 2 heterocycles. The maximum absolute atomic E-state index is 10.8. The molecule has 0 bridgehead atoms. The van der Waals surface area contributed by atoms with Gasteiger partial charge in [0.2, 0.25) is 5.88 Å². The van der Waals surface area contributed by atoms with Crippen LogP contribution in [0.1, 0.15) is 32.7 Å². The number of pyridine rings is 1. The summed E-state index contributed by atoms with van der Waals surface area (Å²) in [6.45, 7) is 3.03. The first-order chi connectivity index (χ1) is 16.2. The lowest BCUT2D eigenvalue weighted by atomic mass is 9.97. The summed E-state index contributed by atoms with van der Waals surface area (Å²) in [6, 6.07) is 10.1. The number of ether oxygens (including phenoxy) is 1. The molecule has 0 aliphatic heterocycles. The largest absolute Gasteiger partial charge is 0.545 e. The van der Waals surface area contributed by atoms with Gasteiger partial charge in [-0.1, -0.05) is 24.3 Å². The Bertz CT molecular complexity index is 1120. The van der Waals surface area contributed by atoms with Gasteiger partial charge in [-0.2, -0.15) is 5.26 Å². The van der Waals surface area contributed by atoms with Gasteiger partial charge in [-0.3, -0.25) is 0 Å². The summed E-state index contributed by atoms with van der Waals surface area (Å²) in [7, 11) is 0. The van der Waals surface area contributed by atoms with Crippen molar-refractivity contribution in [3.63, 3.8) is 0 Å². The number of hydrogen-bond acceptors (Lipinski definition) is 9. The summed E-state index contributed by atoms with van der Waals surface area (Å²) >= 11 is 0. The first-order valence-electron chi connectivity index (χ1n) is 10.2. The first kappa shape index (κ1) is 26.5. The van der Waals surface area contributed by atoms with Crippen LogP contribution in [-0.4, -0.2) is 51.6 Å². The molecule has 0 unspecified atom stereocenters. The number of carbonyl (C=O) groups is 1. The van der Waals surface area contributed by atoms with Gasteiger partial charge in [-0.15, -0.1) is 0 Å². The minimum atomic E-state index is -1.23. The lowest BCUT2D eigenvalue weighted by Crippen LogP contribution is -2.78. The molecule has 3 aromatic rings. The number of nitriles is 1. The molecule has 10 nitrogen and oxygen atoms in total. The van der Waals surface area contributed by atoms with E-state index in [-0.39, 0.29) is 37.9 Å². The van der Waals surface area contributed by atoms with Crippen LogP contribution in [0.15, 0.2) is 47.3 Å². The number of aromatic nitrogens is 1. The number of hydrogen-bond donors (Lipinski definition) is 4. The highest BCUT2D eigenvalue weighted by molar-refractivity contribution is 5.85. The predicted octanol–water partition coefficient (Wildman–Crippen LogP) is -0.283. The van der Waals surface area contributed by atoms with Gasteiger partial charge in [0.15, 0.2) is 5.54 Å². The van der Waals surface area contributed by atoms with Gasteiger partial charge < -0.3 is 40.1 Å². The quantitative estimate of drug-likeness (QED) is 0.344. The first-order valence-corrected chi connectivity index (χ1v) is 10.2. The number of carbonyl (C=O) groups excluding carboxylic acids is 1. The van der Waals surface area contributed by atoms with E-state index < -0.39 is 11.5 Å². The Kier molecular flexibility index (Phi) is 9.29. The predicted molar refractivity (Wildman–Crippen MR) is 118 cm³/mol. The number of aliphatic hydroxyl groups is 3. The number of aliphatic hydroxyl groups excluding tert-OH is 3. The van der Waals surface area contributed by atoms with Gasteiger partial charge in [-0.05, 0) is 36.6 Å². The molecule has 0 amide bonds. The lowest BCUT2D eigenvalue weighted by molar-refractivity contribution is -0.494. The summed E-state index contributed by atoms with van der Waals surface area (Å²) in [5, 5.41) is 45.6. The van der Waals surface area contributed by atoms with Crippen molar-refractivity contribution in [2.24, 2.45) is 0 Å². The molecule has 1 aromatic carbocycles. The van der Waals surface area contributed by atoms with Crippen LogP contribution >= 0.6 is 0 Å². The average Bonchev–Trinajstić information content (AvgIpc) is 3.39. The fourth-order valence-corrected chi connectivity index (χ4v) is 2.78. The van der Waals surface area contributed by atoms with Gasteiger partial charge in [0.1, 0.15) is 38.1 Å². The number of carboxylic acids is 1. The molecule has 0 saturated carbocycles. The zero-order valence-electron chi connectivity index (χ0n) is 18.9. The molecule has 2 aromatic heterocycles. The Labute approximate surface area is 196 Å². The Morgan fingerprint density at radius 3 is 2.24 bits per heavy atom. The molecule has 0 aliphatic rings. The molecular weight excluding hydrogens is 442 g/mol. The molecule has 0 spiro atoms. The standard InChI is InChI=1S/C20H16N2O4.C4H11NO3/c1-12-13(2)22-19(17(9-21)18(12)16-7-8-25-11-16)26-10-14-3-5-15(6-4-14)20(23)24;5-4(1-6,2-7)3-8/h3-8,11H,10H2,1-2H3,(H,23,24);6-8H,1-3,5H2. The van der Waals surface area contributed by atoms with Crippen molar-refractivity contribution in [2.45, 2.75) is 26.0 Å². The highest BCUT2D eigenvalue weighted by Crippen LogP contribution is 2.34. The monoisotopic (exact) mass is 469 g/mol. The summed E-state index contributed by atoms with van der Waals surface area (Å²) in [4.78, 5) is 15.2. The zero-order valence-corrected chi connectivity index (χ0v) is 18.9. The molecule has 3 rings (SSSR count). The SMILES string of the molecule is Cc1nc(OCc2ccc(C(=O)[O-])cc2)c(C#N)c(-c2ccoc2)c1C.[NH3+]C(CO)(CO)CO.